The predicted molar refractivity (Wildman–Crippen MR) is 75.6 cm³/mol. The fourth-order valence-corrected chi connectivity index (χ4v) is 3.07. The molecule has 22 heavy (non-hydrogen) atoms. The van der Waals surface area contributed by atoms with E-state index in [0.717, 1.165) is 16.3 Å². The maximum absolute atomic E-state index is 12.6. The van der Waals surface area contributed by atoms with Crippen LogP contribution in [-0.2, 0) is 16.1 Å². The number of rotatable bonds is 1. The smallest absolute Gasteiger partial charge is 0.255 e. The fraction of sp³-hybridized carbons (Fsp3) is 0.267. The van der Waals surface area contributed by atoms with Gasteiger partial charge in [-0.2, -0.15) is 10.2 Å². The van der Waals surface area contributed by atoms with Crippen molar-refractivity contribution in [1.29, 1.82) is 0 Å². The number of piperidine rings is 1. The van der Waals surface area contributed by atoms with Crippen LogP contribution in [0.3, 0.4) is 0 Å². The molecule has 4 rings (SSSR count). The van der Waals surface area contributed by atoms with Gasteiger partial charge in [0.05, 0.1) is 12.4 Å². The van der Waals surface area contributed by atoms with Crippen molar-refractivity contribution in [2.24, 2.45) is 0 Å². The molecule has 0 aliphatic carbocycles. The average molecular weight is 296 g/mol. The Bertz CT molecular complexity index is 833. The molecule has 7 nitrogen and oxygen atoms in total. The molecule has 1 unspecified atom stereocenters. The van der Waals surface area contributed by atoms with Gasteiger partial charge in [0.2, 0.25) is 11.8 Å². The predicted octanol–water partition coefficient (Wildman–Crippen LogP) is 0.391. The maximum Gasteiger partial charge on any atom is 0.255 e. The number of imide groups is 1. The van der Waals surface area contributed by atoms with E-state index in [0.29, 0.717) is 18.5 Å². The second-order valence-electron chi connectivity index (χ2n) is 5.53. The third kappa shape index (κ3) is 1.86. The molecule has 1 aromatic carbocycles. The lowest BCUT2D eigenvalue weighted by atomic mass is 10.0. The number of carbonyl (C=O) groups is 3. The number of carbonyl (C=O) groups excluding carboxylic acids is 3. The van der Waals surface area contributed by atoms with Crippen molar-refractivity contribution in [1.82, 2.24) is 20.4 Å². The summed E-state index contributed by atoms with van der Waals surface area (Å²) in [4.78, 5) is 37.3. The summed E-state index contributed by atoms with van der Waals surface area (Å²) in [6.07, 6.45) is 3.88. The number of fused-ring (bicyclic) bond motifs is 2. The average Bonchev–Trinajstić information content (AvgIpc) is 2.82. The summed E-state index contributed by atoms with van der Waals surface area (Å²) in [5.41, 5.74) is 1.46. The molecular weight excluding hydrogens is 284 g/mol. The molecule has 1 N–H and O–H groups in total. The standard InChI is InChI=1S/C15H12N4O3/c20-13-2-1-12(14(21)18-13)19-7-10-3-8-5-16-17-6-9(8)4-11(10)15(19)22/h3-6,12H,1-2,7H2,(H,18,20,21). The SMILES string of the molecule is O=C1CCC(N2Cc3cc4cnncc4cc3C2=O)C(=O)N1. The fourth-order valence-electron chi connectivity index (χ4n) is 3.07. The summed E-state index contributed by atoms with van der Waals surface area (Å²) in [6, 6.07) is 3.11. The van der Waals surface area contributed by atoms with Crippen LogP contribution >= 0.6 is 0 Å². The van der Waals surface area contributed by atoms with Gasteiger partial charge in [-0.15, -0.1) is 0 Å². The van der Waals surface area contributed by atoms with E-state index in [2.05, 4.69) is 15.5 Å². The van der Waals surface area contributed by atoms with Gasteiger partial charge in [0.25, 0.3) is 5.91 Å². The Kier molecular flexibility index (Phi) is 2.69. The summed E-state index contributed by atoms with van der Waals surface area (Å²) in [6.45, 7) is 0.374. The van der Waals surface area contributed by atoms with Gasteiger partial charge in [0, 0.05) is 29.3 Å². The molecule has 0 spiro atoms. The van der Waals surface area contributed by atoms with Crippen LogP contribution in [0.2, 0.25) is 0 Å². The lowest BCUT2D eigenvalue weighted by Gasteiger charge is -2.29. The summed E-state index contributed by atoms with van der Waals surface area (Å²) in [5.74, 6) is -0.859. The Balaban J connectivity index is 1.71. The van der Waals surface area contributed by atoms with E-state index in [1.54, 1.807) is 18.5 Å². The maximum atomic E-state index is 12.6. The van der Waals surface area contributed by atoms with Gasteiger partial charge >= 0.3 is 0 Å². The molecule has 0 saturated carbocycles. The molecule has 110 valence electrons. The first kappa shape index (κ1) is 12.9. The summed E-state index contributed by atoms with van der Waals surface area (Å²) < 4.78 is 0. The van der Waals surface area contributed by atoms with Crippen molar-refractivity contribution in [2.75, 3.05) is 0 Å². The van der Waals surface area contributed by atoms with Crippen LogP contribution < -0.4 is 5.32 Å². The van der Waals surface area contributed by atoms with E-state index in [4.69, 9.17) is 0 Å². The molecule has 3 amide bonds. The third-order valence-electron chi connectivity index (χ3n) is 4.19. The monoisotopic (exact) mass is 296 g/mol. The first-order valence-electron chi connectivity index (χ1n) is 7.01. The zero-order valence-electron chi connectivity index (χ0n) is 11.6. The van der Waals surface area contributed by atoms with Crippen molar-refractivity contribution < 1.29 is 14.4 Å². The number of hydrogen-bond acceptors (Lipinski definition) is 5. The molecule has 3 heterocycles. The molecule has 0 radical (unpaired) electrons. The Labute approximate surface area is 125 Å². The molecule has 2 aliphatic rings. The molecule has 1 atom stereocenters. The van der Waals surface area contributed by atoms with Crippen LogP contribution in [0.25, 0.3) is 10.8 Å². The minimum atomic E-state index is -0.586. The number of amides is 3. The lowest BCUT2D eigenvalue weighted by molar-refractivity contribution is -0.136. The van der Waals surface area contributed by atoms with E-state index < -0.39 is 11.9 Å². The van der Waals surface area contributed by atoms with Crippen LogP contribution in [0, 0.1) is 0 Å². The van der Waals surface area contributed by atoms with E-state index in [1.165, 1.54) is 4.90 Å². The van der Waals surface area contributed by atoms with Crippen molar-refractivity contribution in [3.05, 3.63) is 35.7 Å². The van der Waals surface area contributed by atoms with Crippen molar-refractivity contribution in [3.8, 4) is 0 Å². The Morgan fingerprint density at radius 2 is 1.82 bits per heavy atom. The second-order valence-corrected chi connectivity index (χ2v) is 5.53. The highest BCUT2D eigenvalue weighted by molar-refractivity contribution is 6.06. The van der Waals surface area contributed by atoms with Crippen LogP contribution in [0.1, 0.15) is 28.8 Å². The summed E-state index contributed by atoms with van der Waals surface area (Å²) in [7, 11) is 0. The highest BCUT2D eigenvalue weighted by atomic mass is 16.2. The number of aromatic nitrogens is 2. The van der Waals surface area contributed by atoms with Crippen molar-refractivity contribution in [3.63, 3.8) is 0 Å². The zero-order chi connectivity index (χ0) is 15.3. The largest absolute Gasteiger partial charge is 0.322 e. The number of nitrogens with one attached hydrogen (secondary N) is 1. The van der Waals surface area contributed by atoms with Crippen molar-refractivity contribution >= 4 is 28.5 Å². The van der Waals surface area contributed by atoms with Gasteiger partial charge in [-0.25, -0.2) is 0 Å². The normalized spacial score (nSPS) is 21.2. The molecule has 2 aliphatic heterocycles. The summed E-state index contributed by atoms with van der Waals surface area (Å²) >= 11 is 0. The quantitative estimate of drug-likeness (QED) is 0.769. The first-order chi connectivity index (χ1) is 10.6. The van der Waals surface area contributed by atoms with E-state index in [9.17, 15) is 14.4 Å². The number of hydrogen-bond donors (Lipinski definition) is 1. The van der Waals surface area contributed by atoms with E-state index >= 15 is 0 Å². The van der Waals surface area contributed by atoms with Gasteiger partial charge in [0.1, 0.15) is 6.04 Å². The lowest BCUT2D eigenvalue weighted by Crippen LogP contribution is -2.52. The molecule has 1 fully saturated rings. The highest BCUT2D eigenvalue weighted by Gasteiger charge is 2.39. The molecule has 1 aromatic heterocycles. The Morgan fingerprint density at radius 1 is 1.09 bits per heavy atom. The minimum absolute atomic E-state index is 0.178. The van der Waals surface area contributed by atoms with Gasteiger partial charge in [-0.1, -0.05) is 0 Å². The number of nitrogens with zero attached hydrogens (tertiary/aromatic N) is 3. The Hall–Kier alpha value is -2.83. The molecule has 7 heteroatoms. The third-order valence-corrected chi connectivity index (χ3v) is 4.19. The molecular formula is C15H12N4O3. The van der Waals surface area contributed by atoms with Crippen LogP contribution in [0.15, 0.2) is 24.5 Å². The van der Waals surface area contributed by atoms with Crippen LogP contribution in [-0.4, -0.2) is 38.9 Å². The summed E-state index contributed by atoms with van der Waals surface area (Å²) in [5, 5.41) is 11.7. The van der Waals surface area contributed by atoms with Crippen molar-refractivity contribution in [2.45, 2.75) is 25.4 Å². The van der Waals surface area contributed by atoms with Gasteiger partial charge in [0.15, 0.2) is 0 Å². The molecule has 1 saturated heterocycles. The zero-order valence-corrected chi connectivity index (χ0v) is 11.6. The second kappa shape index (κ2) is 4.59. The van der Waals surface area contributed by atoms with Crippen LogP contribution in [0.5, 0.6) is 0 Å². The van der Waals surface area contributed by atoms with Gasteiger partial charge in [-0.05, 0) is 24.1 Å². The minimum Gasteiger partial charge on any atom is -0.322 e. The topological polar surface area (TPSA) is 92.3 Å². The molecule has 0 bridgehead atoms. The van der Waals surface area contributed by atoms with E-state index in [-0.39, 0.29) is 18.2 Å². The highest BCUT2D eigenvalue weighted by Crippen LogP contribution is 2.30. The first-order valence-corrected chi connectivity index (χ1v) is 7.01. The van der Waals surface area contributed by atoms with E-state index in [1.807, 2.05) is 6.07 Å². The van der Waals surface area contributed by atoms with Crippen LogP contribution in [0.4, 0.5) is 0 Å². The molecule has 2 aromatic rings. The number of benzene rings is 1. The van der Waals surface area contributed by atoms with Gasteiger partial charge < -0.3 is 4.90 Å². The Morgan fingerprint density at radius 3 is 2.55 bits per heavy atom. The van der Waals surface area contributed by atoms with Gasteiger partial charge in [-0.3, -0.25) is 19.7 Å².